The average Bonchev–Trinajstić information content (AvgIpc) is 2.44. The van der Waals surface area contributed by atoms with Crippen LogP contribution < -0.4 is 5.32 Å². The highest BCUT2D eigenvalue weighted by atomic mass is 79.9. The van der Waals surface area contributed by atoms with Crippen LogP contribution in [0.15, 0.2) is 46.9 Å². The highest BCUT2D eigenvalue weighted by Crippen LogP contribution is 2.35. The van der Waals surface area contributed by atoms with E-state index in [0.29, 0.717) is 6.04 Å². The predicted octanol–water partition coefficient (Wildman–Crippen LogP) is 5.25. The van der Waals surface area contributed by atoms with Gasteiger partial charge in [0.2, 0.25) is 0 Å². The fourth-order valence-corrected chi connectivity index (χ4v) is 3.23. The van der Waals surface area contributed by atoms with Crippen LogP contribution in [0.5, 0.6) is 0 Å². The molecule has 1 atom stereocenters. The minimum Gasteiger partial charge on any atom is -0.377 e. The first-order valence-corrected chi connectivity index (χ1v) is 7.64. The molecule has 2 aromatic carbocycles. The van der Waals surface area contributed by atoms with E-state index in [1.54, 1.807) is 0 Å². The van der Waals surface area contributed by atoms with Gasteiger partial charge in [-0.05, 0) is 64.9 Å². The zero-order chi connectivity index (χ0) is 13.2. The minimum atomic E-state index is 0.433. The Labute approximate surface area is 123 Å². The van der Waals surface area contributed by atoms with Crippen LogP contribution in [0.4, 0.5) is 5.69 Å². The molecular formula is C17H18BrN. The fourth-order valence-electron chi connectivity index (χ4n) is 2.85. The molecule has 1 N–H and O–H groups in total. The highest BCUT2D eigenvalue weighted by molar-refractivity contribution is 9.10. The van der Waals surface area contributed by atoms with Crippen LogP contribution in [0.2, 0.25) is 0 Å². The Morgan fingerprint density at radius 2 is 1.95 bits per heavy atom. The number of hydrogen-bond donors (Lipinski definition) is 1. The van der Waals surface area contributed by atoms with Crippen LogP contribution in [-0.4, -0.2) is 0 Å². The van der Waals surface area contributed by atoms with Crippen LogP contribution in [-0.2, 0) is 6.42 Å². The van der Waals surface area contributed by atoms with Crippen molar-refractivity contribution in [1.29, 1.82) is 0 Å². The summed E-state index contributed by atoms with van der Waals surface area (Å²) in [5, 5.41) is 3.70. The molecule has 0 saturated heterocycles. The van der Waals surface area contributed by atoms with E-state index in [-0.39, 0.29) is 0 Å². The zero-order valence-electron chi connectivity index (χ0n) is 11.1. The quantitative estimate of drug-likeness (QED) is 0.798. The molecule has 98 valence electrons. The molecule has 19 heavy (non-hydrogen) atoms. The normalized spacial score (nSPS) is 17.9. The summed E-state index contributed by atoms with van der Waals surface area (Å²) in [6.45, 7) is 2.13. The van der Waals surface area contributed by atoms with Crippen molar-refractivity contribution in [3.63, 3.8) is 0 Å². The summed E-state index contributed by atoms with van der Waals surface area (Å²) in [6, 6.07) is 15.6. The molecule has 0 heterocycles. The number of nitrogens with one attached hydrogen (secondary N) is 1. The summed E-state index contributed by atoms with van der Waals surface area (Å²) >= 11 is 3.68. The van der Waals surface area contributed by atoms with Gasteiger partial charge in [-0.3, -0.25) is 0 Å². The maximum Gasteiger partial charge on any atom is 0.0517 e. The lowest BCUT2D eigenvalue weighted by molar-refractivity contribution is 0.600. The second kappa shape index (κ2) is 5.38. The first-order valence-electron chi connectivity index (χ1n) is 6.85. The van der Waals surface area contributed by atoms with Crippen LogP contribution in [0.1, 0.15) is 35.6 Å². The Kier molecular flexibility index (Phi) is 3.61. The molecule has 3 rings (SSSR count). The van der Waals surface area contributed by atoms with E-state index in [9.17, 15) is 0 Å². The van der Waals surface area contributed by atoms with Crippen molar-refractivity contribution in [2.45, 2.75) is 32.2 Å². The number of rotatable bonds is 2. The van der Waals surface area contributed by atoms with Crippen LogP contribution >= 0.6 is 15.9 Å². The summed E-state index contributed by atoms with van der Waals surface area (Å²) in [4.78, 5) is 0. The third-order valence-corrected chi connectivity index (χ3v) is 4.94. The summed E-state index contributed by atoms with van der Waals surface area (Å²) in [7, 11) is 0. The molecule has 0 fully saturated rings. The molecule has 0 spiro atoms. The number of benzene rings is 2. The van der Waals surface area contributed by atoms with Gasteiger partial charge in [0, 0.05) is 10.2 Å². The van der Waals surface area contributed by atoms with Gasteiger partial charge in [-0.2, -0.15) is 0 Å². The average molecular weight is 316 g/mol. The van der Waals surface area contributed by atoms with E-state index in [1.165, 1.54) is 46.1 Å². The van der Waals surface area contributed by atoms with Gasteiger partial charge in [-0.1, -0.05) is 36.4 Å². The highest BCUT2D eigenvalue weighted by Gasteiger charge is 2.20. The van der Waals surface area contributed by atoms with Gasteiger partial charge >= 0.3 is 0 Å². The van der Waals surface area contributed by atoms with E-state index in [1.807, 2.05) is 0 Å². The molecule has 0 aromatic heterocycles. The van der Waals surface area contributed by atoms with E-state index >= 15 is 0 Å². The first kappa shape index (κ1) is 12.7. The smallest absolute Gasteiger partial charge is 0.0517 e. The van der Waals surface area contributed by atoms with Crippen molar-refractivity contribution in [2.75, 3.05) is 5.32 Å². The van der Waals surface area contributed by atoms with Gasteiger partial charge < -0.3 is 5.32 Å². The Morgan fingerprint density at radius 3 is 2.84 bits per heavy atom. The third-order valence-electron chi connectivity index (χ3n) is 3.89. The number of fused-ring (bicyclic) bond motifs is 1. The van der Waals surface area contributed by atoms with Crippen molar-refractivity contribution < 1.29 is 0 Å². The zero-order valence-corrected chi connectivity index (χ0v) is 12.7. The van der Waals surface area contributed by atoms with Crippen LogP contribution in [0.3, 0.4) is 0 Å². The lowest BCUT2D eigenvalue weighted by Gasteiger charge is -2.27. The molecule has 0 amide bonds. The van der Waals surface area contributed by atoms with Crippen LogP contribution in [0.25, 0.3) is 0 Å². The Morgan fingerprint density at radius 1 is 1.11 bits per heavy atom. The molecule has 0 bridgehead atoms. The van der Waals surface area contributed by atoms with Crippen LogP contribution in [0, 0.1) is 6.92 Å². The second-order valence-corrected chi connectivity index (χ2v) is 6.02. The molecule has 0 radical (unpaired) electrons. The lowest BCUT2D eigenvalue weighted by Crippen LogP contribution is -2.17. The minimum absolute atomic E-state index is 0.433. The van der Waals surface area contributed by atoms with Gasteiger partial charge in [0.1, 0.15) is 0 Å². The number of halogens is 1. The van der Waals surface area contributed by atoms with E-state index < -0.39 is 0 Å². The van der Waals surface area contributed by atoms with Crippen molar-refractivity contribution in [3.05, 3.63) is 63.6 Å². The first-order chi connectivity index (χ1) is 9.25. The molecule has 1 unspecified atom stereocenters. The molecule has 0 aliphatic heterocycles. The largest absolute Gasteiger partial charge is 0.377 e. The van der Waals surface area contributed by atoms with Crippen molar-refractivity contribution in [1.82, 2.24) is 0 Å². The summed E-state index contributed by atoms with van der Waals surface area (Å²) < 4.78 is 1.18. The monoisotopic (exact) mass is 315 g/mol. The number of anilines is 1. The van der Waals surface area contributed by atoms with Crippen molar-refractivity contribution in [3.8, 4) is 0 Å². The second-order valence-electron chi connectivity index (χ2n) is 5.22. The number of hydrogen-bond acceptors (Lipinski definition) is 1. The Bertz CT molecular complexity index is 592. The topological polar surface area (TPSA) is 12.0 Å². The Balaban J connectivity index is 1.91. The Hall–Kier alpha value is -1.28. The third kappa shape index (κ3) is 2.55. The molecule has 2 heteroatoms. The van der Waals surface area contributed by atoms with Crippen molar-refractivity contribution >= 4 is 21.6 Å². The summed E-state index contributed by atoms with van der Waals surface area (Å²) in [5.41, 5.74) is 5.42. The molecule has 1 aliphatic carbocycles. The predicted molar refractivity (Wildman–Crippen MR) is 84.6 cm³/mol. The summed E-state index contributed by atoms with van der Waals surface area (Å²) in [6.07, 6.45) is 3.68. The molecule has 1 nitrogen and oxygen atoms in total. The maximum absolute atomic E-state index is 3.70. The van der Waals surface area contributed by atoms with E-state index in [2.05, 4.69) is 70.6 Å². The van der Waals surface area contributed by atoms with Gasteiger partial charge in [0.05, 0.1) is 6.04 Å². The van der Waals surface area contributed by atoms with E-state index in [0.717, 1.165) is 0 Å². The standard InChI is InChI=1S/C17H18BrN/c1-12-6-4-11-16(17(12)18)19-15-10-5-8-13-7-2-3-9-14(13)15/h2-4,6-7,9,11,15,19H,5,8,10H2,1H3. The summed E-state index contributed by atoms with van der Waals surface area (Å²) in [5.74, 6) is 0. The molecule has 2 aromatic rings. The number of aryl methyl sites for hydroxylation is 2. The van der Waals surface area contributed by atoms with Gasteiger partial charge in [-0.25, -0.2) is 0 Å². The fraction of sp³-hybridized carbons (Fsp3) is 0.294. The van der Waals surface area contributed by atoms with Gasteiger partial charge in [-0.15, -0.1) is 0 Å². The van der Waals surface area contributed by atoms with E-state index in [4.69, 9.17) is 0 Å². The molecule has 0 saturated carbocycles. The van der Waals surface area contributed by atoms with Gasteiger partial charge in [0.15, 0.2) is 0 Å². The molecule has 1 aliphatic rings. The SMILES string of the molecule is Cc1cccc(NC2CCCc3ccccc32)c1Br. The lowest BCUT2D eigenvalue weighted by atomic mass is 9.87. The maximum atomic E-state index is 3.70. The van der Waals surface area contributed by atoms with Gasteiger partial charge in [0.25, 0.3) is 0 Å². The molecular weight excluding hydrogens is 298 g/mol. The van der Waals surface area contributed by atoms with Crippen molar-refractivity contribution in [2.24, 2.45) is 0 Å².